The molecular weight excluding hydrogens is 352 g/mol. The zero-order valence-corrected chi connectivity index (χ0v) is 14.6. The topological polar surface area (TPSA) is 55.8 Å². The number of halogens is 1. The third-order valence-corrected chi connectivity index (χ3v) is 3.99. The fourth-order valence-electron chi connectivity index (χ4n) is 2.37. The van der Waals surface area contributed by atoms with E-state index in [1.165, 1.54) is 6.07 Å². The number of aromatic carboxylic acids is 1. The molecule has 0 bridgehead atoms. The maximum atomic E-state index is 11.4. The summed E-state index contributed by atoms with van der Waals surface area (Å²) < 4.78 is 11.5. The van der Waals surface area contributed by atoms with E-state index in [0.29, 0.717) is 17.4 Å². The molecule has 132 valence electrons. The fraction of sp³-hybridized carbons (Fsp3) is 0.0952. The monoisotopic (exact) mass is 368 g/mol. The van der Waals surface area contributed by atoms with E-state index < -0.39 is 5.97 Å². The number of carboxylic acids is 1. The molecule has 5 heteroatoms. The Balaban J connectivity index is 1.72. The van der Waals surface area contributed by atoms with Crippen LogP contribution < -0.4 is 9.47 Å². The van der Waals surface area contributed by atoms with Gasteiger partial charge < -0.3 is 14.6 Å². The van der Waals surface area contributed by atoms with E-state index >= 15 is 0 Å². The van der Waals surface area contributed by atoms with E-state index in [1.54, 1.807) is 24.3 Å². The first-order valence-corrected chi connectivity index (χ1v) is 8.41. The first-order chi connectivity index (χ1) is 12.6. The van der Waals surface area contributed by atoms with Gasteiger partial charge in [0.15, 0.2) is 0 Å². The number of hydrogen-bond acceptors (Lipinski definition) is 3. The predicted molar refractivity (Wildman–Crippen MR) is 100.0 cm³/mol. The highest BCUT2D eigenvalue weighted by Gasteiger charge is 2.13. The summed E-state index contributed by atoms with van der Waals surface area (Å²) in [6.45, 7) is 0.628. The Morgan fingerprint density at radius 1 is 0.846 bits per heavy atom. The van der Waals surface area contributed by atoms with E-state index in [0.717, 1.165) is 11.1 Å². The first-order valence-electron chi connectivity index (χ1n) is 8.03. The molecule has 0 amide bonds. The second-order valence-electron chi connectivity index (χ2n) is 5.65. The number of rotatable bonds is 7. The van der Waals surface area contributed by atoms with E-state index in [4.69, 9.17) is 21.1 Å². The Bertz CT molecular complexity index is 876. The van der Waals surface area contributed by atoms with Crippen LogP contribution in [0, 0.1) is 0 Å². The minimum atomic E-state index is -1.04. The second kappa shape index (κ2) is 8.41. The van der Waals surface area contributed by atoms with Gasteiger partial charge in [-0.05, 0) is 35.4 Å². The highest BCUT2D eigenvalue weighted by Crippen LogP contribution is 2.27. The van der Waals surface area contributed by atoms with Crippen molar-refractivity contribution in [1.29, 1.82) is 0 Å². The van der Waals surface area contributed by atoms with Gasteiger partial charge in [-0.2, -0.15) is 0 Å². The zero-order chi connectivity index (χ0) is 18.4. The molecule has 4 nitrogen and oxygen atoms in total. The molecule has 3 rings (SSSR count). The summed E-state index contributed by atoms with van der Waals surface area (Å²) in [4.78, 5) is 11.4. The van der Waals surface area contributed by atoms with Gasteiger partial charge in [-0.3, -0.25) is 0 Å². The molecule has 0 spiro atoms. The smallest absolute Gasteiger partial charge is 0.339 e. The summed E-state index contributed by atoms with van der Waals surface area (Å²) in [6, 6.07) is 21.6. The van der Waals surface area contributed by atoms with E-state index in [2.05, 4.69) is 0 Å². The minimum absolute atomic E-state index is 0.0970. The molecular formula is C21H17ClO4. The molecule has 26 heavy (non-hydrogen) atoms. The molecule has 3 aromatic rings. The van der Waals surface area contributed by atoms with Crippen molar-refractivity contribution in [2.24, 2.45) is 0 Å². The van der Waals surface area contributed by atoms with Crippen LogP contribution in [0.5, 0.6) is 11.5 Å². The van der Waals surface area contributed by atoms with Crippen LogP contribution in [0.2, 0.25) is 5.02 Å². The minimum Gasteiger partial charge on any atom is -0.489 e. The van der Waals surface area contributed by atoms with Crippen molar-refractivity contribution in [2.75, 3.05) is 0 Å². The van der Waals surface area contributed by atoms with Crippen LogP contribution in [0.15, 0.2) is 72.8 Å². The quantitative estimate of drug-likeness (QED) is 0.623. The van der Waals surface area contributed by atoms with Crippen molar-refractivity contribution < 1.29 is 19.4 Å². The highest BCUT2D eigenvalue weighted by atomic mass is 35.5. The van der Waals surface area contributed by atoms with Gasteiger partial charge in [0.25, 0.3) is 0 Å². The Labute approximate surface area is 156 Å². The molecule has 0 aliphatic carbocycles. The van der Waals surface area contributed by atoms with Crippen LogP contribution in [-0.4, -0.2) is 11.1 Å². The largest absolute Gasteiger partial charge is 0.489 e. The van der Waals surface area contributed by atoms with Gasteiger partial charge in [0.1, 0.15) is 30.3 Å². The van der Waals surface area contributed by atoms with Crippen LogP contribution in [0.4, 0.5) is 0 Å². The van der Waals surface area contributed by atoms with Crippen LogP contribution in [0.25, 0.3) is 0 Å². The lowest BCUT2D eigenvalue weighted by Gasteiger charge is -2.12. The molecule has 0 aromatic heterocycles. The Kier molecular flexibility index (Phi) is 5.77. The molecule has 0 unspecified atom stereocenters. The van der Waals surface area contributed by atoms with Gasteiger partial charge in [-0.15, -0.1) is 0 Å². The first kappa shape index (κ1) is 17.8. The van der Waals surface area contributed by atoms with Gasteiger partial charge in [-0.25, -0.2) is 4.79 Å². The number of ether oxygens (including phenoxy) is 2. The zero-order valence-electron chi connectivity index (χ0n) is 13.9. The van der Waals surface area contributed by atoms with Crippen molar-refractivity contribution in [3.8, 4) is 11.5 Å². The lowest BCUT2D eigenvalue weighted by molar-refractivity contribution is 0.0691. The standard InChI is InChI=1S/C21H17ClO4/c22-17-8-6-16(7-9-17)13-25-18-10-11-19(21(23)24)20(12-18)26-14-15-4-2-1-3-5-15/h1-12H,13-14H2,(H,23,24). The summed E-state index contributed by atoms with van der Waals surface area (Å²) >= 11 is 5.87. The summed E-state index contributed by atoms with van der Waals surface area (Å²) in [7, 11) is 0. The van der Waals surface area contributed by atoms with Crippen LogP contribution in [-0.2, 0) is 13.2 Å². The number of carboxylic acid groups (broad SMARTS) is 1. The average Bonchev–Trinajstić information content (AvgIpc) is 2.66. The van der Waals surface area contributed by atoms with E-state index in [-0.39, 0.29) is 17.9 Å². The van der Waals surface area contributed by atoms with Crippen molar-refractivity contribution >= 4 is 17.6 Å². The predicted octanol–water partition coefficient (Wildman–Crippen LogP) is 5.20. The molecule has 0 atom stereocenters. The number of benzene rings is 3. The van der Waals surface area contributed by atoms with Crippen molar-refractivity contribution in [2.45, 2.75) is 13.2 Å². The Hall–Kier alpha value is -2.98. The molecule has 0 aliphatic rings. The lowest BCUT2D eigenvalue weighted by Crippen LogP contribution is -2.04. The fourth-order valence-corrected chi connectivity index (χ4v) is 2.50. The summed E-state index contributed by atoms with van der Waals surface area (Å²) in [5.74, 6) is -0.236. The maximum Gasteiger partial charge on any atom is 0.339 e. The Morgan fingerprint density at radius 2 is 1.50 bits per heavy atom. The molecule has 0 aliphatic heterocycles. The van der Waals surface area contributed by atoms with Crippen molar-refractivity contribution in [3.63, 3.8) is 0 Å². The number of carbonyl (C=O) groups is 1. The van der Waals surface area contributed by atoms with Gasteiger partial charge in [0.05, 0.1) is 0 Å². The average molecular weight is 369 g/mol. The van der Waals surface area contributed by atoms with Crippen molar-refractivity contribution in [3.05, 3.63) is 94.5 Å². The van der Waals surface area contributed by atoms with Gasteiger partial charge in [-0.1, -0.05) is 54.1 Å². The molecule has 3 aromatic carbocycles. The molecule has 0 radical (unpaired) electrons. The number of hydrogen-bond donors (Lipinski definition) is 1. The molecule has 0 heterocycles. The third kappa shape index (κ3) is 4.77. The van der Waals surface area contributed by atoms with Crippen LogP contribution >= 0.6 is 11.6 Å². The molecule has 1 N–H and O–H groups in total. The lowest BCUT2D eigenvalue weighted by atomic mass is 10.2. The summed E-state index contributed by atoms with van der Waals surface area (Å²) in [6.07, 6.45) is 0. The summed E-state index contributed by atoms with van der Waals surface area (Å²) in [5.41, 5.74) is 2.01. The van der Waals surface area contributed by atoms with Crippen LogP contribution in [0.3, 0.4) is 0 Å². The Morgan fingerprint density at radius 3 is 2.19 bits per heavy atom. The van der Waals surface area contributed by atoms with E-state index in [1.807, 2.05) is 42.5 Å². The SMILES string of the molecule is O=C(O)c1ccc(OCc2ccc(Cl)cc2)cc1OCc1ccccc1. The maximum absolute atomic E-state index is 11.4. The van der Waals surface area contributed by atoms with Gasteiger partial charge in [0.2, 0.25) is 0 Å². The third-order valence-electron chi connectivity index (χ3n) is 3.74. The van der Waals surface area contributed by atoms with Crippen LogP contribution in [0.1, 0.15) is 21.5 Å². The normalized spacial score (nSPS) is 10.3. The molecule has 0 saturated heterocycles. The molecule has 0 fully saturated rings. The van der Waals surface area contributed by atoms with Gasteiger partial charge in [0, 0.05) is 11.1 Å². The van der Waals surface area contributed by atoms with E-state index in [9.17, 15) is 9.90 Å². The highest BCUT2D eigenvalue weighted by molar-refractivity contribution is 6.30. The van der Waals surface area contributed by atoms with Crippen molar-refractivity contribution in [1.82, 2.24) is 0 Å². The second-order valence-corrected chi connectivity index (χ2v) is 6.09. The van der Waals surface area contributed by atoms with Gasteiger partial charge >= 0.3 is 5.97 Å². The molecule has 0 saturated carbocycles. The summed E-state index contributed by atoms with van der Waals surface area (Å²) in [5, 5.41) is 10.0.